The third-order valence-electron chi connectivity index (χ3n) is 3.27. The van der Waals surface area contributed by atoms with Crippen LogP contribution < -0.4 is 10.3 Å². The molecule has 3 nitrogen and oxygen atoms in total. The van der Waals surface area contributed by atoms with Crippen molar-refractivity contribution < 1.29 is 9.47 Å². The van der Waals surface area contributed by atoms with E-state index in [0.29, 0.717) is 5.15 Å². The Labute approximate surface area is 133 Å². The summed E-state index contributed by atoms with van der Waals surface area (Å²) in [6.07, 6.45) is 0. The van der Waals surface area contributed by atoms with Gasteiger partial charge in [-0.3, -0.25) is 0 Å². The first-order valence-electron chi connectivity index (χ1n) is 7.14. The van der Waals surface area contributed by atoms with Crippen LogP contribution in [0.5, 0.6) is 5.75 Å². The van der Waals surface area contributed by atoms with Crippen molar-refractivity contribution in [3.8, 4) is 5.75 Å². The zero-order valence-corrected chi connectivity index (χ0v) is 14.8. The number of pyridine rings is 1. The molecule has 112 valence electrons. The Bertz CT molecular complexity index is 631. The van der Waals surface area contributed by atoms with Gasteiger partial charge in [0, 0.05) is 31.0 Å². The summed E-state index contributed by atoms with van der Waals surface area (Å²) in [4.78, 5) is 4.33. The van der Waals surface area contributed by atoms with Gasteiger partial charge in [0.1, 0.15) is 10.9 Å². The van der Waals surface area contributed by atoms with Gasteiger partial charge in [0.25, 0.3) is 0 Å². The summed E-state index contributed by atoms with van der Waals surface area (Å²) < 4.78 is 11.4. The van der Waals surface area contributed by atoms with Crippen molar-refractivity contribution in [2.45, 2.75) is 25.7 Å². The molecule has 0 aliphatic carbocycles. The number of ether oxygens (including phenoxy) is 2. The van der Waals surface area contributed by atoms with Crippen molar-refractivity contribution in [2.75, 3.05) is 13.4 Å². The first-order valence-corrected chi connectivity index (χ1v) is 11.2. The highest BCUT2D eigenvalue weighted by Gasteiger charge is 2.13. The smallest absolute Gasteiger partial charge is 0.189 e. The molecular formula is C15H21BClNO2Si. The van der Waals surface area contributed by atoms with Gasteiger partial charge in [-0.25, -0.2) is 4.98 Å². The van der Waals surface area contributed by atoms with E-state index in [1.54, 1.807) is 0 Å². The molecule has 1 aromatic carbocycles. The minimum absolute atomic E-state index is 0.249. The summed E-state index contributed by atoms with van der Waals surface area (Å²) in [5, 5.41) is 2.39. The molecule has 0 saturated carbocycles. The van der Waals surface area contributed by atoms with Gasteiger partial charge in [-0.2, -0.15) is 0 Å². The molecule has 2 aromatic rings. The fraction of sp³-hybridized carbons (Fsp3) is 0.400. The number of hydrogen-bond donors (Lipinski definition) is 0. The Hall–Kier alpha value is -1.04. The normalized spacial score (nSPS) is 11.8. The fourth-order valence-electron chi connectivity index (χ4n) is 2.03. The van der Waals surface area contributed by atoms with Crippen molar-refractivity contribution in [2.24, 2.45) is 0 Å². The second-order valence-electron chi connectivity index (χ2n) is 6.34. The van der Waals surface area contributed by atoms with Crippen LogP contribution in [0.3, 0.4) is 0 Å². The van der Waals surface area contributed by atoms with Gasteiger partial charge in [0.15, 0.2) is 14.6 Å². The molecule has 0 N–H and O–H groups in total. The van der Waals surface area contributed by atoms with Crippen LogP contribution in [0.25, 0.3) is 10.8 Å². The number of fused-ring (bicyclic) bond motifs is 1. The lowest BCUT2D eigenvalue weighted by molar-refractivity contribution is 0.0234. The highest BCUT2D eigenvalue weighted by atomic mass is 35.5. The molecule has 0 bridgehead atoms. The first-order chi connectivity index (χ1) is 9.88. The van der Waals surface area contributed by atoms with Gasteiger partial charge in [0.05, 0.1) is 0 Å². The number of benzene rings is 1. The van der Waals surface area contributed by atoms with Gasteiger partial charge >= 0.3 is 0 Å². The molecule has 0 aliphatic heterocycles. The summed E-state index contributed by atoms with van der Waals surface area (Å²) in [5.74, 6) is 0.753. The Morgan fingerprint density at radius 1 is 1.19 bits per heavy atom. The van der Waals surface area contributed by atoms with Crippen molar-refractivity contribution >= 4 is 43.9 Å². The van der Waals surface area contributed by atoms with E-state index in [-0.39, 0.29) is 6.79 Å². The Morgan fingerprint density at radius 3 is 2.52 bits per heavy atom. The average Bonchev–Trinajstić information content (AvgIpc) is 2.40. The minimum atomic E-state index is -1.06. The van der Waals surface area contributed by atoms with Gasteiger partial charge in [-0.1, -0.05) is 55.5 Å². The number of halogens is 1. The van der Waals surface area contributed by atoms with Crippen LogP contribution in [-0.2, 0) is 4.74 Å². The fourth-order valence-corrected chi connectivity index (χ4v) is 3.08. The van der Waals surface area contributed by atoms with Gasteiger partial charge < -0.3 is 9.47 Å². The van der Waals surface area contributed by atoms with Crippen molar-refractivity contribution in [3.05, 3.63) is 29.4 Å². The molecule has 0 unspecified atom stereocenters. The van der Waals surface area contributed by atoms with Crippen LogP contribution in [0.1, 0.15) is 0 Å². The molecule has 21 heavy (non-hydrogen) atoms. The zero-order valence-electron chi connectivity index (χ0n) is 13.1. The topological polar surface area (TPSA) is 31.4 Å². The van der Waals surface area contributed by atoms with Crippen LogP contribution in [0.15, 0.2) is 24.3 Å². The Morgan fingerprint density at radius 2 is 1.86 bits per heavy atom. The first kappa shape index (κ1) is 16.3. The third kappa shape index (κ3) is 4.46. The number of rotatable bonds is 6. The SMILES string of the molecule is Bc1nc(Cl)c2ccccc2c1OCOCC[Si](C)(C)C. The highest BCUT2D eigenvalue weighted by Crippen LogP contribution is 2.27. The molecule has 1 aromatic heterocycles. The highest BCUT2D eigenvalue weighted by molar-refractivity contribution is 6.76. The summed E-state index contributed by atoms with van der Waals surface area (Å²) in [6.45, 7) is 7.99. The van der Waals surface area contributed by atoms with E-state index in [1.807, 2.05) is 32.1 Å². The number of hydrogen-bond acceptors (Lipinski definition) is 3. The summed E-state index contributed by atoms with van der Waals surface area (Å²) >= 11 is 6.17. The van der Waals surface area contributed by atoms with E-state index in [4.69, 9.17) is 21.1 Å². The van der Waals surface area contributed by atoms with E-state index >= 15 is 0 Å². The monoisotopic (exact) mass is 321 g/mol. The number of aromatic nitrogens is 1. The molecule has 0 atom stereocenters. The van der Waals surface area contributed by atoms with E-state index in [0.717, 1.165) is 34.8 Å². The molecule has 0 fully saturated rings. The second-order valence-corrected chi connectivity index (χ2v) is 12.3. The molecule has 2 rings (SSSR count). The van der Waals surface area contributed by atoms with E-state index < -0.39 is 8.07 Å². The standard InChI is InChI=1S/C15H21BClNO2Si/c1-21(2,3)9-8-19-10-20-13-11-6-4-5-7-12(11)15(17)18-14(13)16/h4-7H,8-10,16H2,1-3H3. The van der Waals surface area contributed by atoms with E-state index in [1.165, 1.54) is 0 Å². The summed E-state index contributed by atoms with van der Waals surface area (Å²) in [5.41, 5.74) is 0.785. The maximum absolute atomic E-state index is 6.17. The molecule has 0 spiro atoms. The zero-order chi connectivity index (χ0) is 15.5. The second kappa shape index (κ2) is 6.81. The van der Waals surface area contributed by atoms with Gasteiger partial charge in [-0.15, -0.1) is 0 Å². The minimum Gasteiger partial charge on any atom is -0.466 e. The lowest BCUT2D eigenvalue weighted by Crippen LogP contribution is -2.23. The molecule has 0 radical (unpaired) electrons. The predicted molar refractivity (Wildman–Crippen MR) is 94.5 cm³/mol. The molecule has 1 heterocycles. The maximum atomic E-state index is 6.17. The summed E-state index contributed by atoms with van der Waals surface area (Å²) in [7, 11) is 0.840. The Kier molecular flexibility index (Phi) is 5.30. The average molecular weight is 322 g/mol. The van der Waals surface area contributed by atoms with Crippen LogP contribution in [0.2, 0.25) is 30.8 Å². The van der Waals surface area contributed by atoms with Crippen LogP contribution in [0.4, 0.5) is 0 Å². The van der Waals surface area contributed by atoms with Gasteiger partial charge in [-0.05, 0) is 6.04 Å². The lowest BCUT2D eigenvalue weighted by Gasteiger charge is -2.16. The van der Waals surface area contributed by atoms with Crippen molar-refractivity contribution in [1.29, 1.82) is 0 Å². The van der Waals surface area contributed by atoms with Crippen LogP contribution >= 0.6 is 11.6 Å². The predicted octanol–water partition coefficient (Wildman–Crippen LogP) is 2.84. The van der Waals surface area contributed by atoms with Crippen molar-refractivity contribution in [3.63, 3.8) is 0 Å². The number of nitrogens with zero attached hydrogens (tertiary/aromatic N) is 1. The molecule has 0 aliphatic rings. The van der Waals surface area contributed by atoms with E-state index in [9.17, 15) is 0 Å². The largest absolute Gasteiger partial charge is 0.466 e. The van der Waals surface area contributed by atoms with E-state index in [2.05, 4.69) is 24.6 Å². The van der Waals surface area contributed by atoms with Crippen molar-refractivity contribution in [1.82, 2.24) is 4.98 Å². The lowest BCUT2D eigenvalue weighted by atomic mass is 9.99. The molecular weight excluding hydrogens is 301 g/mol. The maximum Gasteiger partial charge on any atom is 0.189 e. The third-order valence-corrected chi connectivity index (χ3v) is 5.26. The van der Waals surface area contributed by atoms with Gasteiger partial charge in [0.2, 0.25) is 0 Å². The molecule has 0 amide bonds. The summed E-state index contributed by atoms with van der Waals surface area (Å²) in [6, 6.07) is 8.99. The molecule has 0 saturated heterocycles. The van der Waals surface area contributed by atoms with Crippen LogP contribution in [-0.4, -0.2) is 34.3 Å². The van der Waals surface area contributed by atoms with Crippen LogP contribution in [0, 0.1) is 0 Å². The quantitative estimate of drug-likeness (QED) is 0.355. The Balaban J connectivity index is 2.05. The molecule has 6 heteroatoms.